The normalized spacial score (nSPS) is 11.0. The molecule has 0 aliphatic rings. The van der Waals surface area contributed by atoms with Gasteiger partial charge in [-0.15, -0.1) is 0 Å². The molecular formula is C16H22BrN3. The summed E-state index contributed by atoms with van der Waals surface area (Å²) >= 11 is 3.58. The maximum atomic E-state index is 6.33. The van der Waals surface area contributed by atoms with Gasteiger partial charge in [-0.25, -0.2) is 4.98 Å². The maximum Gasteiger partial charge on any atom is 0.131 e. The topological polar surface area (TPSA) is 43.8 Å². The number of benzene rings is 1. The minimum Gasteiger partial charge on any atom is -0.383 e. The Morgan fingerprint density at radius 3 is 2.60 bits per heavy atom. The third-order valence-corrected chi connectivity index (χ3v) is 4.31. The molecule has 0 unspecified atom stereocenters. The van der Waals surface area contributed by atoms with E-state index in [9.17, 15) is 0 Å². The lowest BCUT2D eigenvalue weighted by molar-refractivity contribution is 0.637. The fourth-order valence-electron chi connectivity index (χ4n) is 2.35. The molecule has 0 aliphatic heterocycles. The van der Waals surface area contributed by atoms with Gasteiger partial charge in [0.15, 0.2) is 0 Å². The second kappa shape index (κ2) is 6.44. The van der Waals surface area contributed by atoms with Gasteiger partial charge in [-0.05, 0) is 31.4 Å². The first-order valence-corrected chi connectivity index (χ1v) is 7.99. The molecule has 0 radical (unpaired) electrons. The number of aryl methyl sites for hydroxylation is 2. The number of hydrogen-bond donors (Lipinski definition) is 1. The van der Waals surface area contributed by atoms with Crippen molar-refractivity contribution in [3.05, 3.63) is 34.1 Å². The summed E-state index contributed by atoms with van der Waals surface area (Å²) in [5.41, 5.74) is 9.52. The molecule has 0 amide bonds. The van der Waals surface area contributed by atoms with E-state index in [4.69, 9.17) is 10.7 Å². The average molecular weight is 336 g/mol. The summed E-state index contributed by atoms with van der Waals surface area (Å²) in [7, 11) is 0. The Labute approximate surface area is 129 Å². The van der Waals surface area contributed by atoms with Crippen LogP contribution in [-0.4, -0.2) is 9.55 Å². The summed E-state index contributed by atoms with van der Waals surface area (Å²) < 4.78 is 3.25. The molecule has 1 aromatic carbocycles. The summed E-state index contributed by atoms with van der Waals surface area (Å²) in [4.78, 5) is 4.78. The van der Waals surface area contributed by atoms with Gasteiger partial charge in [0.25, 0.3) is 0 Å². The Morgan fingerprint density at radius 2 is 2.00 bits per heavy atom. The van der Waals surface area contributed by atoms with E-state index in [1.165, 1.54) is 5.56 Å². The maximum absolute atomic E-state index is 6.33. The first kappa shape index (κ1) is 15.1. The summed E-state index contributed by atoms with van der Waals surface area (Å²) in [6.45, 7) is 7.34. The number of hydrogen-bond acceptors (Lipinski definition) is 2. The van der Waals surface area contributed by atoms with Gasteiger partial charge in [0.2, 0.25) is 0 Å². The summed E-state index contributed by atoms with van der Waals surface area (Å²) in [6, 6.07) is 6.28. The molecule has 3 nitrogen and oxygen atoms in total. The van der Waals surface area contributed by atoms with Gasteiger partial charge in [-0.3, -0.25) is 0 Å². The minimum absolute atomic E-state index is 0.783. The molecule has 4 heteroatoms. The second-order valence-corrected chi connectivity index (χ2v) is 5.98. The number of nitrogens with zero attached hydrogens (tertiary/aromatic N) is 2. The Morgan fingerprint density at radius 1 is 1.25 bits per heavy atom. The van der Waals surface area contributed by atoms with E-state index in [1.54, 1.807) is 0 Å². The van der Waals surface area contributed by atoms with Crippen molar-refractivity contribution in [2.45, 2.75) is 46.6 Å². The number of aromatic nitrogens is 2. The highest BCUT2D eigenvalue weighted by Crippen LogP contribution is 2.30. The van der Waals surface area contributed by atoms with E-state index in [2.05, 4.69) is 59.5 Å². The lowest BCUT2D eigenvalue weighted by Gasteiger charge is -2.07. The summed E-state index contributed by atoms with van der Waals surface area (Å²) in [6.07, 6.45) is 3.11. The van der Waals surface area contributed by atoms with Gasteiger partial charge < -0.3 is 10.3 Å². The fourth-order valence-corrected chi connectivity index (χ4v) is 2.73. The molecule has 0 bridgehead atoms. The largest absolute Gasteiger partial charge is 0.383 e. The van der Waals surface area contributed by atoms with Gasteiger partial charge in [0.1, 0.15) is 17.3 Å². The zero-order chi connectivity index (χ0) is 14.7. The molecule has 20 heavy (non-hydrogen) atoms. The van der Waals surface area contributed by atoms with Gasteiger partial charge in [-0.1, -0.05) is 41.9 Å². The van der Waals surface area contributed by atoms with Crippen molar-refractivity contribution in [1.29, 1.82) is 0 Å². The van der Waals surface area contributed by atoms with E-state index in [0.717, 1.165) is 53.2 Å². The Kier molecular flexibility index (Phi) is 4.86. The number of rotatable bonds is 5. The van der Waals surface area contributed by atoms with Gasteiger partial charge in [0.05, 0.1) is 0 Å². The van der Waals surface area contributed by atoms with Crippen molar-refractivity contribution in [1.82, 2.24) is 9.55 Å². The van der Waals surface area contributed by atoms with Crippen LogP contribution in [0.3, 0.4) is 0 Å². The monoisotopic (exact) mass is 335 g/mol. The standard InChI is InChI=1S/C16H22BrN3/c1-4-6-14-19-15(16(18)20(14)9-5-2)12-8-7-11(3)13(17)10-12/h7-8,10H,4-6,9,18H2,1-3H3. The predicted octanol–water partition coefficient (Wildman–Crippen LogP) is 4.57. The predicted molar refractivity (Wildman–Crippen MR) is 88.8 cm³/mol. The highest BCUT2D eigenvalue weighted by atomic mass is 79.9. The average Bonchev–Trinajstić information content (AvgIpc) is 2.72. The molecule has 0 aliphatic carbocycles. The smallest absolute Gasteiger partial charge is 0.131 e. The Bertz CT molecular complexity index is 602. The number of anilines is 1. The lowest BCUT2D eigenvalue weighted by atomic mass is 10.1. The molecular weight excluding hydrogens is 314 g/mol. The highest BCUT2D eigenvalue weighted by Gasteiger charge is 2.15. The molecule has 108 valence electrons. The van der Waals surface area contributed by atoms with Gasteiger partial charge in [-0.2, -0.15) is 0 Å². The number of imidazole rings is 1. The van der Waals surface area contributed by atoms with Crippen LogP contribution in [0.5, 0.6) is 0 Å². The molecule has 1 aromatic heterocycles. The van der Waals surface area contributed by atoms with Crippen LogP contribution in [-0.2, 0) is 13.0 Å². The third-order valence-electron chi connectivity index (χ3n) is 3.45. The first-order valence-electron chi connectivity index (χ1n) is 7.19. The molecule has 0 saturated heterocycles. The van der Waals surface area contributed by atoms with E-state index in [-0.39, 0.29) is 0 Å². The molecule has 2 N–H and O–H groups in total. The van der Waals surface area contributed by atoms with Crippen LogP contribution in [0.15, 0.2) is 22.7 Å². The Balaban J connectivity index is 2.50. The quantitative estimate of drug-likeness (QED) is 0.869. The number of nitrogens with two attached hydrogens (primary N) is 1. The number of nitrogen functional groups attached to an aromatic ring is 1. The van der Waals surface area contributed by atoms with Gasteiger partial charge >= 0.3 is 0 Å². The van der Waals surface area contributed by atoms with Gasteiger partial charge in [0, 0.05) is 23.0 Å². The zero-order valence-corrected chi connectivity index (χ0v) is 14.0. The second-order valence-electron chi connectivity index (χ2n) is 5.13. The van der Waals surface area contributed by atoms with Crippen LogP contribution in [0.1, 0.15) is 38.1 Å². The summed E-state index contributed by atoms with van der Waals surface area (Å²) in [5.74, 6) is 1.88. The number of halogens is 1. The lowest BCUT2D eigenvalue weighted by Crippen LogP contribution is -2.06. The van der Waals surface area contributed by atoms with Crippen molar-refractivity contribution in [3.8, 4) is 11.3 Å². The molecule has 2 rings (SSSR count). The molecule has 2 aromatic rings. The van der Waals surface area contributed by atoms with Crippen molar-refractivity contribution in [2.75, 3.05) is 5.73 Å². The first-order chi connectivity index (χ1) is 9.58. The SMILES string of the molecule is CCCc1nc(-c2ccc(C)c(Br)c2)c(N)n1CCC. The van der Waals surface area contributed by atoms with Crippen molar-refractivity contribution in [2.24, 2.45) is 0 Å². The molecule has 0 fully saturated rings. The fraction of sp³-hybridized carbons (Fsp3) is 0.438. The van der Waals surface area contributed by atoms with Crippen LogP contribution in [0.4, 0.5) is 5.82 Å². The minimum atomic E-state index is 0.783. The zero-order valence-electron chi connectivity index (χ0n) is 12.4. The highest BCUT2D eigenvalue weighted by molar-refractivity contribution is 9.10. The summed E-state index contributed by atoms with van der Waals surface area (Å²) in [5, 5.41) is 0. The van der Waals surface area contributed by atoms with E-state index < -0.39 is 0 Å². The van der Waals surface area contributed by atoms with Crippen molar-refractivity contribution < 1.29 is 0 Å². The van der Waals surface area contributed by atoms with E-state index in [0.29, 0.717) is 0 Å². The van der Waals surface area contributed by atoms with Crippen LogP contribution in [0.2, 0.25) is 0 Å². The van der Waals surface area contributed by atoms with E-state index in [1.807, 2.05) is 0 Å². The molecule has 1 heterocycles. The molecule has 0 spiro atoms. The van der Waals surface area contributed by atoms with Crippen LogP contribution in [0, 0.1) is 6.92 Å². The van der Waals surface area contributed by atoms with Crippen LogP contribution in [0.25, 0.3) is 11.3 Å². The van der Waals surface area contributed by atoms with Crippen molar-refractivity contribution in [3.63, 3.8) is 0 Å². The third kappa shape index (κ3) is 2.90. The molecule has 0 atom stereocenters. The van der Waals surface area contributed by atoms with Crippen molar-refractivity contribution >= 4 is 21.7 Å². The van der Waals surface area contributed by atoms with E-state index >= 15 is 0 Å². The Hall–Kier alpha value is -1.29. The molecule has 0 saturated carbocycles. The van der Waals surface area contributed by atoms with Crippen LogP contribution < -0.4 is 5.73 Å². The van der Waals surface area contributed by atoms with Crippen LogP contribution >= 0.6 is 15.9 Å².